The number of carbonyl (C=O) groups is 1. The quantitative estimate of drug-likeness (QED) is 0.579. The van der Waals surface area contributed by atoms with Crippen LogP contribution in [0.4, 0.5) is 0 Å². The van der Waals surface area contributed by atoms with Gasteiger partial charge in [0.2, 0.25) is 0 Å². The Morgan fingerprint density at radius 2 is 2.17 bits per heavy atom. The highest BCUT2D eigenvalue weighted by Gasteiger charge is 2.15. The summed E-state index contributed by atoms with van der Waals surface area (Å²) < 4.78 is 4.78. The van der Waals surface area contributed by atoms with E-state index in [0.29, 0.717) is 4.88 Å². The predicted molar refractivity (Wildman–Crippen MR) is 78.1 cm³/mol. The molecule has 0 saturated carbocycles. The summed E-state index contributed by atoms with van der Waals surface area (Å²) in [4.78, 5) is 13.5. The van der Waals surface area contributed by atoms with Gasteiger partial charge in [-0.05, 0) is 43.9 Å². The maximum atomic E-state index is 11.6. The van der Waals surface area contributed by atoms with Crippen molar-refractivity contribution in [1.82, 2.24) is 0 Å². The summed E-state index contributed by atoms with van der Waals surface area (Å²) in [7, 11) is 1.42. The van der Waals surface area contributed by atoms with Crippen molar-refractivity contribution in [2.24, 2.45) is 0 Å². The first-order valence-corrected chi connectivity index (χ1v) is 6.97. The second-order valence-corrected chi connectivity index (χ2v) is 5.02. The molecule has 0 aliphatic heterocycles. The highest BCUT2D eigenvalue weighted by molar-refractivity contribution is 7.14. The second kappa shape index (κ2) is 7.17. The Morgan fingerprint density at radius 1 is 1.44 bits per heavy atom. The predicted octanol–water partition coefficient (Wildman–Crippen LogP) is 4.47. The van der Waals surface area contributed by atoms with E-state index in [9.17, 15) is 4.79 Å². The van der Waals surface area contributed by atoms with Crippen molar-refractivity contribution in [3.05, 3.63) is 39.6 Å². The molecule has 0 atom stereocenters. The average Bonchev–Trinajstić information content (AvgIpc) is 2.83. The summed E-state index contributed by atoms with van der Waals surface area (Å²) in [5.74, 6) is -0.248. The SMILES string of the molecule is C/C=C\C/C(=C\C)c1cc(C(=O)OC)sc1CC. The third kappa shape index (κ3) is 3.33. The van der Waals surface area contributed by atoms with Crippen LogP contribution in [0, 0.1) is 0 Å². The van der Waals surface area contributed by atoms with Crippen molar-refractivity contribution in [3.63, 3.8) is 0 Å². The molecular formula is C15H20O2S. The lowest BCUT2D eigenvalue weighted by atomic mass is 10.0. The number of carbonyl (C=O) groups excluding carboxylic acids is 1. The molecule has 0 fully saturated rings. The molecule has 0 N–H and O–H groups in total. The van der Waals surface area contributed by atoms with Crippen LogP contribution in [0.3, 0.4) is 0 Å². The number of allylic oxidation sites excluding steroid dienone is 4. The Balaban J connectivity index is 3.13. The van der Waals surface area contributed by atoms with E-state index < -0.39 is 0 Å². The highest BCUT2D eigenvalue weighted by atomic mass is 32.1. The molecule has 0 aliphatic rings. The molecule has 0 bridgehead atoms. The molecule has 18 heavy (non-hydrogen) atoms. The summed E-state index contributed by atoms with van der Waals surface area (Å²) >= 11 is 1.53. The summed E-state index contributed by atoms with van der Waals surface area (Å²) in [6, 6.07) is 1.95. The Bertz CT molecular complexity index is 467. The largest absolute Gasteiger partial charge is 0.465 e. The van der Waals surface area contributed by atoms with Crippen LogP contribution in [-0.4, -0.2) is 13.1 Å². The monoisotopic (exact) mass is 264 g/mol. The van der Waals surface area contributed by atoms with Gasteiger partial charge in [0.05, 0.1) is 7.11 Å². The standard InChI is InChI=1S/C15H20O2S/c1-5-8-9-11(6-2)12-10-14(15(16)17-4)18-13(12)7-3/h5-6,8,10H,7,9H2,1-4H3/b8-5-,11-6+. The average molecular weight is 264 g/mol. The van der Waals surface area contributed by atoms with E-state index in [-0.39, 0.29) is 5.97 Å². The topological polar surface area (TPSA) is 26.3 Å². The molecule has 1 aromatic rings. The number of hydrogen-bond acceptors (Lipinski definition) is 3. The number of hydrogen-bond donors (Lipinski definition) is 0. The van der Waals surface area contributed by atoms with Crippen molar-refractivity contribution in [1.29, 1.82) is 0 Å². The Morgan fingerprint density at radius 3 is 2.67 bits per heavy atom. The van der Waals surface area contributed by atoms with Crippen molar-refractivity contribution in [3.8, 4) is 0 Å². The first-order valence-electron chi connectivity index (χ1n) is 6.15. The lowest BCUT2D eigenvalue weighted by molar-refractivity contribution is 0.0606. The first kappa shape index (κ1) is 14.7. The maximum Gasteiger partial charge on any atom is 0.348 e. The van der Waals surface area contributed by atoms with Gasteiger partial charge in [0.1, 0.15) is 4.88 Å². The van der Waals surface area contributed by atoms with Crippen LogP contribution in [0.2, 0.25) is 0 Å². The number of ether oxygens (including phenoxy) is 1. The molecule has 0 saturated heterocycles. The van der Waals surface area contributed by atoms with E-state index in [1.54, 1.807) is 0 Å². The number of aryl methyl sites for hydroxylation is 1. The Labute approximate surface area is 113 Å². The van der Waals surface area contributed by atoms with Gasteiger partial charge < -0.3 is 4.74 Å². The molecule has 2 nitrogen and oxygen atoms in total. The van der Waals surface area contributed by atoms with Crippen LogP contribution in [0.1, 0.15) is 47.3 Å². The molecule has 0 radical (unpaired) electrons. The molecule has 1 rings (SSSR count). The van der Waals surface area contributed by atoms with Crippen molar-refractivity contribution >= 4 is 22.9 Å². The normalized spacial score (nSPS) is 12.1. The Hall–Kier alpha value is -1.35. The minimum Gasteiger partial charge on any atom is -0.465 e. The van der Waals surface area contributed by atoms with Gasteiger partial charge in [0.25, 0.3) is 0 Å². The molecule has 0 spiro atoms. The lowest BCUT2D eigenvalue weighted by Gasteiger charge is -2.04. The molecule has 0 aromatic carbocycles. The van der Waals surface area contributed by atoms with Crippen molar-refractivity contribution in [2.45, 2.75) is 33.6 Å². The molecule has 3 heteroatoms. The van der Waals surface area contributed by atoms with Gasteiger partial charge in [0.15, 0.2) is 0 Å². The molecule has 0 aliphatic carbocycles. The van der Waals surface area contributed by atoms with Gasteiger partial charge in [-0.3, -0.25) is 0 Å². The van der Waals surface area contributed by atoms with E-state index in [1.807, 2.05) is 26.0 Å². The summed E-state index contributed by atoms with van der Waals surface area (Å²) in [5, 5.41) is 0. The lowest BCUT2D eigenvalue weighted by Crippen LogP contribution is -1.97. The summed E-state index contributed by atoms with van der Waals surface area (Å²) in [5.41, 5.74) is 2.44. The van der Waals surface area contributed by atoms with Gasteiger partial charge in [-0.25, -0.2) is 4.79 Å². The van der Waals surface area contributed by atoms with Gasteiger partial charge in [-0.2, -0.15) is 0 Å². The fraction of sp³-hybridized carbons (Fsp3) is 0.400. The van der Waals surface area contributed by atoms with Crippen LogP contribution in [-0.2, 0) is 11.2 Å². The third-order valence-electron chi connectivity index (χ3n) is 2.78. The first-order chi connectivity index (χ1) is 8.67. The van der Waals surface area contributed by atoms with Crippen LogP contribution >= 0.6 is 11.3 Å². The van der Waals surface area contributed by atoms with Crippen LogP contribution in [0.15, 0.2) is 24.3 Å². The number of rotatable bonds is 5. The minimum absolute atomic E-state index is 0.248. The van der Waals surface area contributed by atoms with Crippen molar-refractivity contribution in [2.75, 3.05) is 7.11 Å². The van der Waals surface area contributed by atoms with Crippen molar-refractivity contribution < 1.29 is 9.53 Å². The highest BCUT2D eigenvalue weighted by Crippen LogP contribution is 2.31. The molecule has 0 unspecified atom stereocenters. The zero-order valence-corrected chi connectivity index (χ0v) is 12.3. The zero-order chi connectivity index (χ0) is 13.5. The van der Waals surface area contributed by atoms with E-state index >= 15 is 0 Å². The Kier molecular flexibility index (Phi) is 5.86. The second-order valence-electron chi connectivity index (χ2n) is 3.88. The van der Waals surface area contributed by atoms with Crippen LogP contribution in [0.25, 0.3) is 5.57 Å². The summed E-state index contributed by atoms with van der Waals surface area (Å²) in [6.45, 7) is 6.16. The fourth-order valence-electron chi connectivity index (χ4n) is 1.79. The van der Waals surface area contributed by atoms with Gasteiger partial charge in [-0.15, -0.1) is 11.3 Å². The zero-order valence-electron chi connectivity index (χ0n) is 11.4. The summed E-state index contributed by atoms with van der Waals surface area (Å²) in [6.07, 6.45) is 8.12. The minimum atomic E-state index is -0.248. The van der Waals surface area contributed by atoms with Gasteiger partial charge in [0, 0.05) is 4.88 Å². The van der Waals surface area contributed by atoms with Gasteiger partial charge >= 0.3 is 5.97 Å². The molecule has 98 valence electrons. The van der Waals surface area contributed by atoms with E-state index in [1.165, 1.54) is 34.5 Å². The maximum absolute atomic E-state index is 11.6. The number of thiophene rings is 1. The van der Waals surface area contributed by atoms with E-state index in [2.05, 4.69) is 19.1 Å². The third-order valence-corrected chi connectivity index (χ3v) is 4.04. The smallest absolute Gasteiger partial charge is 0.348 e. The fourth-order valence-corrected chi connectivity index (χ4v) is 2.85. The molecule has 0 amide bonds. The molecular weight excluding hydrogens is 244 g/mol. The van der Waals surface area contributed by atoms with E-state index in [4.69, 9.17) is 4.74 Å². The van der Waals surface area contributed by atoms with Crippen LogP contribution < -0.4 is 0 Å². The molecule has 1 heterocycles. The number of esters is 1. The molecule has 1 aromatic heterocycles. The number of methoxy groups -OCH3 is 1. The van der Waals surface area contributed by atoms with E-state index in [0.717, 1.165) is 12.8 Å². The van der Waals surface area contributed by atoms with Crippen LogP contribution in [0.5, 0.6) is 0 Å². The van der Waals surface area contributed by atoms with Gasteiger partial charge in [-0.1, -0.05) is 25.2 Å².